The fraction of sp³-hybridized carbons (Fsp3) is 0.385. The van der Waals surface area contributed by atoms with Crippen molar-refractivity contribution >= 4 is 29.5 Å². The van der Waals surface area contributed by atoms with Crippen LogP contribution in [0.5, 0.6) is 5.75 Å². The van der Waals surface area contributed by atoms with E-state index in [0.29, 0.717) is 6.92 Å². The quantitative estimate of drug-likeness (QED) is 0.406. The maximum atomic E-state index is 13.7. The van der Waals surface area contributed by atoms with E-state index in [4.69, 9.17) is 21.4 Å². The zero-order chi connectivity index (χ0) is 18.7. The number of nitrogens with zero attached hydrogens (tertiary/aromatic N) is 1. The van der Waals surface area contributed by atoms with Gasteiger partial charge in [0, 0.05) is 6.07 Å². The number of aliphatic carboxylic acids is 1. The van der Waals surface area contributed by atoms with Gasteiger partial charge < -0.3 is 14.9 Å². The second kappa shape index (κ2) is 7.22. The lowest BCUT2D eigenvalue weighted by atomic mass is 9.89. The Kier molecular flexibility index (Phi) is 6.01. The van der Waals surface area contributed by atoms with Crippen molar-refractivity contribution in [3.63, 3.8) is 0 Å². The first-order valence-corrected chi connectivity index (χ1v) is 6.67. The number of rotatable bonds is 6. The Balaban J connectivity index is 3.12. The smallest absolute Gasteiger partial charge is 0.423 e. The summed E-state index contributed by atoms with van der Waals surface area (Å²) in [6.07, 6.45) is -5.36. The van der Waals surface area contributed by atoms with Crippen molar-refractivity contribution in [3.8, 4) is 5.75 Å². The average molecular weight is 373 g/mol. The summed E-state index contributed by atoms with van der Waals surface area (Å²) < 4.78 is 57.3. The van der Waals surface area contributed by atoms with E-state index >= 15 is 0 Å². The lowest BCUT2D eigenvalue weighted by Gasteiger charge is -2.29. The first-order chi connectivity index (χ1) is 10.9. The lowest BCUT2D eigenvalue weighted by molar-refractivity contribution is -0.245. The number of hydrazone groups is 1. The minimum atomic E-state index is -5.31. The Hall–Kier alpha value is -2.07. The molecule has 0 saturated carbocycles. The molecule has 0 bridgehead atoms. The first-order valence-electron chi connectivity index (χ1n) is 6.29. The molecular weight excluding hydrogens is 360 g/mol. The van der Waals surface area contributed by atoms with E-state index in [1.165, 1.54) is 7.11 Å². The van der Waals surface area contributed by atoms with E-state index in [-0.39, 0.29) is 22.7 Å². The largest absolute Gasteiger partial charge is 0.495 e. The molecule has 0 amide bonds. The van der Waals surface area contributed by atoms with Gasteiger partial charge in [-0.25, -0.2) is 4.39 Å². The molecule has 1 rings (SSSR count). The number of ether oxygens (including phenoxy) is 1. The number of hydrogen-bond donors (Lipinski definition) is 3. The number of aliphatic hydroxyl groups is 1. The second-order valence-electron chi connectivity index (χ2n) is 4.72. The third kappa shape index (κ3) is 4.06. The van der Waals surface area contributed by atoms with Crippen LogP contribution >= 0.6 is 11.6 Å². The van der Waals surface area contributed by atoms with Crippen molar-refractivity contribution in [3.05, 3.63) is 23.0 Å². The molecule has 1 aromatic carbocycles. The summed E-state index contributed by atoms with van der Waals surface area (Å²) >= 11 is 5.66. The van der Waals surface area contributed by atoms with Crippen LogP contribution in [0.4, 0.5) is 23.2 Å². The third-order valence-electron chi connectivity index (χ3n) is 3.17. The van der Waals surface area contributed by atoms with E-state index in [2.05, 4.69) is 5.10 Å². The maximum Gasteiger partial charge on any atom is 0.423 e. The van der Waals surface area contributed by atoms with Gasteiger partial charge in [0.05, 0.1) is 30.0 Å². The van der Waals surface area contributed by atoms with Crippen molar-refractivity contribution in [2.75, 3.05) is 12.5 Å². The van der Waals surface area contributed by atoms with Gasteiger partial charge in [-0.15, -0.1) is 0 Å². The van der Waals surface area contributed by atoms with E-state index < -0.39 is 29.5 Å². The number of hydrogen-bond acceptors (Lipinski definition) is 5. The van der Waals surface area contributed by atoms with Gasteiger partial charge in [-0.2, -0.15) is 18.3 Å². The number of methoxy groups -OCH3 is 1. The van der Waals surface area contributed by atoms with Crippen LogP contribution in [0.3, 0.4) is 0 Å². The van der Waals surface area contributed by atoms with Crippen LogP contribution in [0.2, 0.25) is 5.02 Å². The fourth-order valence-corrected chi connectivity index (χ4v) is 1.82. The Labute approximate surface area is 138 Å². The molecule has 0 aliphatic carbocycles. The van der Waals surface area contributed by atoms with Gasteiger partial charge in [-0.3, -0.25) is 10.2 Å². The maximum absolute atomic E-state index is 13.7. The normalized spacial score (nSPS) is 15.8. The lowest BCUT2D eigenvalue weighted by Crippen LogP contribution is -2.54. The van der Waals surface area contributed by atoms with E-state index in [1.54, 1.807) is 0 Å². The molecule has 24 heavy (non-hydrogen) atoms. The first kappa shape index (κ1) is 20.0. The predicted molar refractivity (Wildman–Crippen MR) is 77.9 cm³/mol. The number of carboxylic acids is 1. The number of benzene rings is 1. The van der Waals surface area contributed by atoms with Crippen LogP contribution in [0.25, 0.3) is 0 Å². The molecule has 0 aliphatic rings. The van der Waals surface area contributed by atoms with Crippen molar-refractivity contribution in [1.82, 2.24) is 0 Å². The Morgan fingerprint density at radius 1 is 1.46 bits per heavy atom. The van der Waals surface area contributed by atoms with Crippen LogP contribution in [-0.2, 0) is 4.79 Å². The molecule has 2 unspecified atom stereocenters. The van der Waals surface area contributed by atoms with Crippen LogP contribution in [0.15, 0.2) is 17.2 Å². The second-order valence-corrected chi connectivity index (χ2v) is 5.13. The van der Waals surface area contributed by atoms with E-state index in [1.807, 2.05) is 5.43 Å². The molecule has 0 radical (unpaired) electrons. The van der Waals surface area contributed by atoms with Crippen LogP contribution in [0.1, 0.15) is 6.92 Å². The number of nitrogens with one attached hydrogen (secondary N) is 1. The highest BCUT2D eigenvalue weighted by molar-refractivity contribution is 6.32. The molecule has 0 aromatic heterocycles. The Morgan fingerprint density at radius 2 is 2.04 bits per heavy atom. The van der Waals surface area contributed by atoms with Crippen LogP contribution < -0.4 is 10.2 Å². The molecule has 0 saturated heterocycles. The molecule has 3 N–H and O–H groups in total. The fourth-order valence-electron chi connectivity index (χ4n) is 1.59. The van der Waals surface area contributed by atoms with Gasteiger partial charge in [0.2, 0.25) is 5.60 Å². The third-order valence-corrected chi connectivity index (χ3v) is 3.47. The summed E-state index contributed by atoms with van der Waals surface area (Å²) in [5.74, 6) is -5.05. The van der Waals surface area contributed by atoms with Gasteiger partial charge in [-0.05, 0) is 13.0 Å². The highest BCUT2D eigenvalue weighted by Gasteiger charge is 2.58. The average Bonchev–Trinajstić information content (AvgIpc) is 2.47. The summed E-state index contributed by atoms with van der Waals surface area (Å²) in [6.45, 7) is 0.660. The predicted octanol–water partition coefficient (Wildman–Crippen LogP) is 2.90. The topological polar surface area (TPSA) is 91.1 Å². The van der Waals surface area contributed by atoms with Gasteiger partial charge in [0.1, 0.15) is 11.6 Å². The number of anilines is 1. The number of halogens is 5. The van der Waals surface area contributed by atoms with Crippen molar-refractivity contribution < 1.29 is 37.3 Å². The van der Waals surface area contributed by atoms with E-state index in [9.17, 15) is 27.5 Å². The van der Waals surface area contributed by atoms with Crippen molar-refractivity contribution in [1.29, 1.82) is 0 Å². The molecule has 11 heteroatoms. The Bertz CT molecular complexity index is 654. The zero-order valence-electron chi connectivity index (χ0n) is 12.4. The highest BCUT2D eigenvalue weighted by atomic mass is 35.5. The zero-order valence-corrected chi connectivity index (χ0v) is 13.1. The summed E-state index contributed by atoms with van der Waals surface area (Å²) in [5.41, 5.74) is -2.20. The molecule has 0 fully saturated rings. The number of carboxylic acid groups (broad SMARTS) is 1. The molecule has 0 heterocycles. The van der Waals surface area contributed by atoms with Crippen molar-refractivity contribution in [2.45, 2.75) is 18.7 Å². The molecule has 1 aromatic rings. The van der Waals surface area contributed by atoms with Crippen LogP contribution in [0, 0.1) is 11.7 Å². The van der Waals surface area contributed by atoms with E-state index in [0.717, 1.165) is 12.1 Å². The number of alkyl halides is 3. The minimum Gasteiger partial charge on any atom is -0.495 e. The van der Waals surface area contributed by atoms with Crippen LogP contribution in [-0.4, -0.2) is 41.3 Å². The molecule has 0 spiro atoms. The van der Waals surface area contributed by atoms with Gasteiger partial charge in [-0.1, -0.05) is 11.6 Å². The minimum absolute atomic E-state index is 0.0285. The monoisotopic (exact) mass is 372 g/mol. The molecule has 134 valence electrons. The molecule has 0 aliphatic heterocycles. The molecule has 2 atom stereocenters. The van der Waals surface area contributed by atoms with Gasteiger partial charge in [0.15, 0.2) is 0 Å². The Morgan fingerprint density at radius 3 is 2.50 bits per heavy atom. The standard InChI is InChI=1S/C13H13ClF4N2O4/c1-6(11(21)22)12(23,13(16,17)18)5-19-20-9-4-10(24-2)7(14)3-8(9)15/h3-6,20,23H,1-2H3,(H,21,22)/b19-5-. The van der Waals surface area contributed by atoms with Gasteiger partial charge in [0.25, 0.3) is 0 Å². The SMILES string of the molecule is COc1cc(N/N=C\C(O)(C(C)C(=O)O)C(F)(F)F)c(F)cc1Cl. The molecular formula is C13H13ClF4N2O4. The summed E-state index contributed by atoms with van der Waals surface area (Å²) in [5, 5.41) is 21.4. The number of carbonyl (C=O) groups is 1. The highest BCUT2D eigenvalue weighted by Crippen LogP contribution is 2.35. The van der Waals surface area contributed by atoms with Gasteiger partial charge >= 0.3 is 12.1 Å². The van der Waals surface area contributed by atoms with Crippen molar-refractivity contribution in [2.24, 2.45) is 11.0 Å². The summed E-state index contributed by atoms with van der Waals surface area (Å²) in [4.78, 5) is 10.8. The molecule has 6 nitrogen and oxygen atoms in total. The summed E-state index contributed by atoms with van der Waals surface area (Å²) in [6, 6.07) is 1.87. The summed E-state index contributed by atoms with van der Waals surface area (Å²) in [7, 11) is 1.24.